The summed E-state index contributed by atoms with van der Waals surface area (Å²) in [4.78, 5) is 78.5. The molecule has 16 heteroatoms. The molecule has 3 amide bonds. The number of carbonyl (C=O) groups excluding carboxylic acids is 6. The quantitative estimate of drug-likeness (QED) is 0.128. The lowest BCUT2D eigenvalue weighted by Gasteiger charge is -2.36. The first-order valence-electron chi connectivity index (χ1n) is 18.3. The Kier molecular flexibility index (Phi) is 16.8. The molecule has 2 aliphatic heterocycles. The minimum Gasteiger partial charge on any atom is -0.505 e. The zero-order valence-corrected chi connectivity index (χ0v) is 31.7. The Morgan fingerprint density at radius 2 is 1.78 bits per heavy atom. The van der Waals surface area contributed by atoms with E-state index in [4.69, 9.17) is 4.74 Å². The average molecular weight is 775 g/mol. The first kappa shape index (κ1) is 44.6. The molecule has 8 atom stereocenters. The number of esters is 1. The summed E-state index contributed by atoms with van der Waals surface area (Å²) in [5.74, 6) is -10.1. The van der Waals surface area contributed by atoms with Crippen LogP contribution in [-0.4, -0.2) is 99.1 Å². The molecule has 6 unspecified atom stereocenters. The lowest BCUT2D eigenvalue weighted by molar-refractivity contribution is -0.156. The molecule has 2 bridgehead atoms. The van der Waals surface area contributed by atoms with Crippen LogP contribution in [0.4, 0.5) is 8.78 Å². The predicted molar refractivity (Wildman–Crippen MR) is 195 cm³/mol. The van der Waals surface area contributed by atoms with Crippen molar-refractivity contribution in [2.45, 2.75) is 110 Å². The van der Waals surface area contributed by atoms with Crippen LogP contribution < -0.4 is 16.1 Å². The third kappa shape index (κ3) is 12.6. The Balaban J connectivity index is 2.10. The summed E-state index contributed by atoms with van der Waals surface area (Å²) in [5.41, 5.74) is 3.20. The number of amides is 3. The van der Waals surface area contributed by atoms with Gasteiger partial charge >= 0.3 is 5.97 Å². The third-order valence-corrected chi connectivity index (χ3v) is 9.74. The standard InChI is InChI=1S/C39H52F2N4O10/c1-21(2)34-37(52)42-29(19-25-18-27(40)33(41)31(49)20-25)38(53)45-16-9-10-28(44-45)39(54)55-32(22(3)15-17-46)12-8-6-7-11-30(48)24(5)35(50)26(36(51)43-34)14-13-23(4)47/h6-8,11,15,17-18,20-21,24,26,28-30,32,34-35,44,48-50H,9-10,12-14,16,19H2,1-5H3,(H,42,52)(H,43,51)/b8-6+,11-7+,22-15+/t24?,26?,28?,29?,30-,32-,34?,35?/m0/s1. The topological polar surface area (TPSA) is 212 Å². The summed E-state index contributed by atoms with van der Waals surface area (Å²) >= 11 is 0. The number of aldehydes is 1. The number of aliphatic hydroxyl groups excluding tert-OH is 2. The molecule has 1 aromatic rings. The molecule has 0 aliphatic carbocycles. The number of benzene rings is 1. The van der Waals surface area contributed by atoms with Crippen molar-refractivity contribution < 1.29 is 57.6 Å². The van der Waals surface area contributed by atoms with Crippen molar-refractivity contribution in [2.24, 2.45) is 17.8 Å². The smallest absolute Gasteiger partial charge is 0.325 e. The van der Waals surface area contributed by atoms with Gasteiger partial charge in [0.1, 0.15) is 36.3 Å². The van der Waals surface area contributed by atoms with E-state index in [1.807, 2.05) is 0 Å². The molecule has 1 saturated heterocycles. The highest BCUT2D eigenvalue weighted by molar-refractivity contribution is 5.93. The van der Waals surface area contributed by atoms with Crippen LogP contribution in [-0.2, 0) is 39.9 Å². The van der Waals surface area contributed by atoms with E-state index in [1.54, 1.807) is 32.9 Å². The second kappa shape index (κ2) is 20.8. The first-order valence-corrected chi connectivity index (χ1v) is 18.3. The molecule has 1 fully saturated rings. The van der Waals surface area contributed by atoms with Crippen molar-refractivity contribution in [3.63, 3.8) is 0 Å². The fraction of sp³-hybridized carbons (Fsp3) is 0.538. The van der Waals surface area contributed by atoms with E-state index in [0.29, 0.717) is 18.3 Å². The Morgan fingerprint density at radius 3 is 2.42 bits per heavy atom. The molecule has 0 aromatic heterocycles. The average Bonchev–Trinajstić information content (AvgIpc) is 3.13. The van der Waals surface area contributed by atoms with Gasteiger partial charge in [0.2, 0.25) is 11.8 Å². The number of aliphatic hydroxyl groups is 2. The molecule has 302 valence electrons. The summed E-state index contributed by atoms with van der Waals surface area (Å²) in [7, 11) is 0. The van der Waals surface area contributed by atoms with E-state index in [-0.39, 0.29) is 43.6 Å². The Hall–Kier alpha value is -4.80. The lowest BCUT2D eigenvalue weighted by atomic mass is 9.84. The number of phenols is 1. The number of ketones is 1. The summed E-state index contributed by atoms with van der Waals surface area (Å²) in [6, 6.07) is -2.19. The van der Waals surface area contributed by atoms with E-state index in [2.05, 4.69) is 16.1 Å². The third-order valence-electron chi connectivity index (χ3n) is 9.74. The van der Waals surface area contributed by atoms with Crippen LogP contribution in [0, 0.1) is 29.4 Å². The molecule has 1 aromatic carbocycles. The molecule has 6 N–H and O–H groups in total. The number of allylic oxidation sites excluding steroid dienone is 3. The number of carbonyl (C=O) groups is 6. The van der Waals surface area contributed by atoms with Gasteiger partial charge in [-0.3, -0.25) is 29.0 Å². The van der Waals surface area contributed by atoms with Gasteiger partial charge in [-0.2, -0.15) is 4.39 Å². The predicted octanol–water partition coefficient (Wildman–Crippen LogP) is 2.25. The largest absolute Gasteiger partial charge is 0.505 e. The summed E-state index contributed by atoms with van der Waals surface area (Å²) in [6.07, 6.45) is 4.32. The van der Waals surface area contributed by atoms with Crippen LogP contribution in [0.5, 0.6) is 5.75 Å². The highest BCUT2D eigenvalue weighted by atomic mass is 19.2. The number of nitrogens with zero attached hydrogens (tertiary/aromatic N) is 1. The van der Waals surface area contributed by atoms with Crippen LogP contribution in [0.1, 0.15) is 72.3 Å². The minimum atomic E-state index is -1.51. The number of phenolic OH excluding ortho intramolecular Hbond substituents is 1. The number of halogens is 2. The first-order chi connectivity index (χ1) is 25.9. The molecule has 14 nitrogen and oxygen atoms in total. The van der Waals surface area contributed by atoms with Gasteiger partial charge in [0.25, 0.3) is 5.91 Å². The molecule has 2 heterocycles. The Labute approximate surface area is 319 Å². The second-order valence-electron chi connectivity index (χ2n) is 14.4. The maximum Gasteiger partial charge on any atom is 0.325 e. The number of aromatic hydroxyl groups is 1. The number of cyclic esters (lactones) is 1. The molecule has 0 radical (unpaired) electrons. The van der Waals surface area contributed by atoms with Crippen molar-refractivity contribution in [1.82, 2.24) is 21.1 Å². The number of rotatable bonds is 8. The van der Waals surface area contributed by atoms with E-state index in [9.17, 15) is 52.9 Å². The highest BCUT2D eigenvalue weighted by Crippen LogP contribution is 2.25. The van der Waals surface area contributed by atoms with E-state index >= 15 is 0 Å². The van der Waals surface area contributed by atoms with Crippen molar-refractivity contribution in [1.29, 1.82) is 0 Å². The summed E-state index contributed by atoms with van der Waals surface area (Å²) < 4.78 is 34.1. The molecule has 2 aliphatic rings. The minimum absolute atomic E-state index is 0.0584. The van der Waals surface area contributed by atoms with Crippen molar-refractivity contribution >= 4 is 35.8 Å². The van der Waals surface area contributed by atoms with Crippen LogP contribution in [0.2, 0.25) is 0 Å². The van der Waals surface area contributed by atoms with Gasteiger partial charge in [0.15, 0.2) is 17.4 Å². The van der Waals surface area contributed by atoms with Gasteiger partial charge < -0.3 is 35.5 Å². The van der Waals surface area contributed by atoms with Gasteiger partial charge in [0.05, 0.1) is 18.1 Å². The van der Waals surface area contributed by atoms with Gasteiger partial charge in [-0.25, -0.2) is 9.82 Å². The van der Waals surface area contributed by atoms with Crippen LogP contribution >= 0.6 is 0 Å². The number of fused-ring (bicyclic) bond motifs is 2. The molecule has 0 saturated carbocycles. The zero-order chi connectivity index (χ0) is 41.0. The second-order valence-corrected chi connectivity index (χ2v) is 14.4. The fourth-order valence-electron chi connectivity index (χ4n) is 6.32. The maximum atomic E-state index is 14.4. The van der Waals surface area contributed by atoms with Crippen molar-refractivity contribution in [3.05, 3.63) is 65.3 Å². The molecule has 0 spiro atoms. The number of nitrogens with one attached hydrogen (secondary N) is 3. The summed E-state index contributed by atoms with van der Waals surface area (Å²) in [5, 5.41) is 38.6. The Bertz CT molecular complexity index is 1640. The SMILES string of the molecule is CC(=O)CCC1C(=O)NC(C(C)C)C(=O)NC(Cc2cc(O)c(F)c(F)c2)C(=O)N2CCCC(N2)C(=O)O[C@H](/C(C)=C/C=O)C/C=C/C=C/[C@H](O)C(C)C1O. The number of hydrazine groups is 1. The van der Waals surface area contributed by atoms with E-state index in [0.717, 1.165) is 17.1 Å². The number of hydrogen-bond acceptors (Lipinski definition) is 11. The monoisotopic (exact) mass is 774 g/mol. The fourth-order valence-corrected chi connectivity index (χ4v) is 6.32. The number of ether oxygens (including phenoxy) is 1. The van der Waals surface area contributed by atoms with Gasteiger partial charge in [0, 0.05) is 31.7 Å². The van der Waals surface area contributed by atoms with Crippen LogP contribution in [0.15, 0.2) is 48.1 Å². The molecular weight excluding hydrogens is 722 g/mol. The van der Waals surface area contributed by atoms with Gasteiger partial charge in [-0.1, -0.05) is 45.1 Å². The van der Waals surface area contributed by atoms with Crippen LogP contribution in [0.3, 0.4) is 0 Å². The number of Topliss-reactive ketones (excluding diaryl/α,β-unsaturated/α-hetero) is 1. The van der Waals surface area contributed by atoms with Gasteiger partial charge in [-0.05, 0) is 68.4 Å². The zero-order valence-electron chi connectivity index (χ0n) is 31.7. The van der Waals surface area contributed by atoms with Crippen LogP contribution in [0.25, 0.3) is 0 Å². The highest BCUT2D eigenvalue weighted by Gasteiger charge is 2.38. The van der Waals surface area contributed by atoms with E-state index < -0.39 is 102 Å². The Morgan fingerprint density at radius 1 is 1.07 bits per heavy atom. The van der Waals surface area contributed by atoms with Crippen molar-refractivity contribution in [3.8, 4) is 5.75 Å². The van der Waals surface area contributed by atoms with E-state index in [1.165, 1.54) is 32.1 Å². The normalized spacial score (nSPS) is 29.3. The molecular formula is C39H52F2N4O10. The van der Waals surface area contributed by atoms with Gasteiger partial charge in [-0.15, -0.1) is 0 Å². The number of hydrogen-bond donors (Lipinski definition) is 6. The maximum absolute atomic E-state index is 14.4. The lowest BCUT2D eigenvalue weighted by Crippen LogP contribution is -2.62. The molecule has 3 rings (SSSR count). The molecule has 55 heavy (non-hydrogen) atoms. The summed E-state index contributed by atoms with van der Waals surface area (Å²) in [6.45, 7) is 7.74. The van der Waals surface area contributed by atoms with Crippen molar-refractivity contribution in [2.75, 3.05) is 6.54 Å².